The highest BCUT2D eigenvalue weighted by molar-refractivity contribution is 5.79. The topological polar surface area (TPSA) is 105 Å². The molecule has 0 aliphatic carbocycles. The fourth-order valence-electron chi connectivity index (χ4n) is 2.66. The Bertz CT molecular complexity index is 776. The van der Waals surface area contributed by atoms with Gasteiger partial charge in [0.1, 0.15) is 17.3 Å². The Morgan fingerprint density at radius 2 is 1.75 bits per heavy atom. The normalized spacial score (nSPS) is 12.2. The minimum Gasteiger partial charge on any atom is -0.481 e. The molecule has 2 N–H and O–H groups in total. The molecule has 24 heavy (non-hydrogen) atoms. The van der Waals surface area contributed by atoms with Crippen molar-refractivity contribution in [1.82, 2.24) is 0 Å². The Morgan fingerprint density at radius 1 is 1.04 bits per heavy atom. The molecule has 1 aromatic heterocycles. The maximum atomic E-state index is 12.1. The summed E-state index contributed by atoms with van der Waals surface area (Å²) in [6.45, 7) is 0. The second kappa shape index (κ2) is 8.29. The van der Waals surface area contributed by atoms with Crippen LogP contribution >= 0.6 is 0 Å². The van der Waals surface area contributed by atoms with Crippen LogP contribution in [0.5, 0.6) is 0 Å². The van der Waals surface area contributed by atoms with Crippen molar-refractivity contribution < 1.29 is 24.2 Å². The number of rotatable bonds is 9. The molecule has 0 aliphatic heterocycles. The molecule has 0 fully saturated rings. The van der Waals surface area contributed by atoms with E-state index in [4.69, 9.17) is 9.52 Å². The van der Waals surface area contributed by atoms with Crippen molar-refractivity contribution in [3.63, 3.8) is 0 Å². The summed E-state index contributed by atoms with van der Waals surface area (Å²) in [5, 5.41) is 18.4. The van der Waals surface area contributed by atoms with Gasteiger partial charge in [-0.2, -0.15) is 0 Å². The number of carbonyl (C=O) groups is 2. The van der Waals surface area contributed by atoms with Crippen LogP contribution in [0.3, 0.4) is 0 Å². The fraction of sp³-hybridized carbons (Fsp3) is 0.389. The first-order chi connectivity index (χ1) is 11.5. The number of benzene rings is 1. The van der Waals surface area contributed by atoms with Gasteiger partial charge in [0.15, 0.2) is 5.43 Å². The summed E-state index contributed by atoms with van der Waals surface area (Å²) in [7, 11) is 0. The van der Waals surface area contributed by atoms with Crippen LogP contribution in [0.15, 0.2) is 39.5 Å². The highest BCUT2D eigenvalue weighted by Crippen LogP contribution is 2.25. The van der Waals surface area contributed by atoms with E-state index < -0.39 is 17.9 Å². The number of aliphatic carboxylic acids is 2. The summed E-state index contributed by atoms with van der Waals surface area (Å²) in [5.74, 6) is -2.56. The van der Waals surface area contributed by atoms with Crippen LogP contribution in [-0.4, -0.2) is 22.2 Å². The van der Waals surface area contributed by atoms with Gasteiger partial charge >= 0.3 is 11.9 Å². The molecule has 6 nitrogen and oxygen atoms in total. The fourth-order valence-corrected chi connectivity index (χ4v) is 2.66. The van der Waals surface area contributed by atoms with Gasteiger partial charge in [-0.25, -0.2) is 0 Å². The standard InChI is InChI=1S/C18H20O6/c19-14-11-16(24-15-9-6-5-7-12(14)15)13(18(22)23)8-3-1-2-4-10-17(20)21/h5-7,9,11,13H,1-4,8,10H2,(H,20,21)(H,22,23). The molecule has 2 aromatic rings. The summed E-state index contributed by atoms with van der Waals surface area (Å²) in [6.07, 6.45) is 3.17. The molecule has 1 unspecified atom stereocenters. The number of carboxylic acid groups (broad SMARTS) is 2. The largest absolute Gasteiger partial charge is 0.481 e. The maximum Gasteiger partial charge on any atom is 0.314 e. The van der Waals surface area contributed by atoms with E-state index in [-0.39, 0.29) is 17.6 Å². The number of unbranched alkanes of at least 4 members (excludes halogenated alkanes) is 3. The number of hydrogen-bond donors (Lipinski definition) is 2. The van der Waals surface area contributed by atoms with Gasteiger partial charge in [-0.1, -0.05) is 31.4 Å². The Morgan fingerprint density at radius 3 is 2.46 bits per heavy atom. The van der Waals surface area contributed by atoms with E-state index >= 15 is 0 Å². The molecule has 0 saturated carbocycles. The lowest BCUT2D eigenvalue weighted by molar-refractivity contribution is -0.139. The molecule has 0 saturated heterocycles. The molecule has 0 aliphatic rings. The first kappa shape index (κ1) is 17.7. The second-order valence-corrected chi connectivity index (χ2v) is 5.75. The molecule has 6 heteroatoms. The van der Waals surface area contributed by atoms with Crippen molar-refractivity contribution in [2.75, 3.05) is 0 Å². The van der Waals surface area contributed by atoms with Gasteiger partial charge in [-0.15, -0.1) is 0 Å². The third-order valence-corrected chi connectivity index (χ3v) is 3.93. The van der Waals surface area contributed by atoms with Gasteiger partial charge in [0.05, 0.1) is 5.39 Å². The van der Waals surface area contributed by atoms with E-state index in [1.807, 2.05) is 0 Å². The third kappa shape index (κ3) is 4.68. The van der Waals surface area contributed by atoms with Gasteiger partial charge in [0, 0.05) is 12.5 Å². The van der Waals surface area contributed by atoms with Gasteiger partial charge in [-0.3, -0.25) is 14.4 Å². The molecule has 1 atom stereocenters. The van der Waals surface area contributed by atoms with Crippen molar-refractivity contribution in [2.45, 2.75) is 44.4 Å². The maximum absolute atomic E-state index is 12.1. The van der Waals surface area contributed by atoms with Gasteiger partial charge in [-0.05, 0) is 25.0 Å². The molecule has 2 rings (SSSR count). The van der Waals surface area contributed by atoms with E-state index in [9.17, 15) is 19.5 Å². The lowest BCUT2D eigenvalue weighted by Crippen LogP contribution is -2.14. The van der Waals surface area contributed by atoms with Crippen molar-refractivity contribution in [1.29, 1.82) is 0 Å². The highest BCUT2D eigenvalue weighted by atomic mass is 16.4. The summed E-state index contributed by atoms with van der Waals surface area (Å²) >= 11 is 0. The summed E-state index contributed by atoms with van der Waals surface area (Å²) in [5.41, 5.74) is 0.132. The zero-order chi connectivity index (χ0) is 17.5. The van der Waals surface area contributed by atoms with Crippen molar-refractivity contribution in [2.24, 2.45) is 0 Å². The molecule has 0 radical (unpaired) electrons. The third-order valence-electron chi connectivity index (χ3n) is 3.93. The van der Waals surface area contributed by atoms with E-state index in [0.29, 0.717) is 30.2 Å². The van der Waals surface area contributed by atoms with Crippen molar-refractivity contribution in [3.05, 3.63) is 46.3 Å². The lowest BCUT2D eigenvalue weighted by Gasteiger charge is -2.12. The van der Waals surface area contributed by atoms with Crippen LogP contribution in [0, 0.1) is 0 Å². The predicted octanol–water partition coefficient (Wildman–Crippen LogP) is 3.39. The molecule has 128 valence electrons. The Hall–Kier alpha value is -2.63. The average molecular weight is 332 g/mol. The number of fused-ring (bicyclic) bond motifs is 1. The summed E-state index contributed by atoms with van der Waals surface area (Å²) < 4.78 is 5.62. The van der Waals surface area contributed by atoms with Crippen molar-refractivity contribution in [3.8, 4) is 0 Å². The molecular formula is C18H20O6. The SMILES string of the molecule is O=C(O)CCCCCCC(C(=O)O)c1cc(=O)c2ccccc2o1. The first-order valence-corrected chi connectivity index (χ1v) is 7.96. The van der Waals surface area contributed by atoms with Crippen LogP contribution < -0.4 is 5.43 Å². The van der Waals surface area contributed by atoms with Gasteiger partial charge < -0.3 is 14.6 Å². The van der Waals surface area contributed by atoms with E-state index in [1.54, 1.807) is 24.3 Å². The number of hydrogen-bond acceptors (Lipinski definition) is 4. The van der Waals surface area contributed by atoms with Crippen LogP contribution in [0.1, 0.15) is 50.2 Å². The molecule has 0 spiro atoms. The van der Waals surface area contributed by atoms with E-state index in [1.165, 1.54) is 6.07 Å². The monoisotopic (exact) mass is 332 g/mol. The van der Waals surface area contributed by atoms with Crippen LogP contribution in [-0.2, 0) is 9.59 Å². The predicted molar refractivity (Wildman–Crippen MR) is 88.2 cm³/mol. The molecule has 1 aromatic carbocycles. The zero-order valence-electron chi connectivity index (χ0n) is 13.2. The summed E-state index contributed by atoms with van der Waals surface area (Å²) in [4.78, 5) is 34.0. The van der Waals surface area contributed by atoms with Crippen LogP contribution in [0.25, 0.3) is 11.0 Å². The molecule has 1 heterocycles. The van der Waals surface area contributed by atoms with Crippen molar-refractivity contribution >= 4 is 22.9 Å². The Labute approximate surface area is 138 Å². The van der Waals surface area contributed by atoms with Gasteiger partial charge in [0.25, 0.3) is 0 Å². The first-order valence-electron chi connectivity index (χ1n) is 7.96. The van der Waals surface area contributed by atoms with Gasteiger partial charge in [0.2, 0.25) is 0 Å². The molecule has 0 amide bonds. The summed E-state index contributed by atoms with van der Waals surface area (Å²) in [6, 6.07) is 8.00. The van der Waals surface area contributed by atoms with Crippen LogP contribution in [0.2, 0.25) is 0 Å². The minimum atomic E-state index is -1.03. The highest BCUT2D eigenvalue weighted by Gasteiger charge is 2.23. The Balaban J connectivity index is 2.04. The van der Waals surface area contributed by atoms with Crippen LogP contribution in [0.4, 0.5) is 0 Å². The molecule has 0 bridgehead atoms. The minimum absolute atomic E-state index is 0.127. The van der Waals surface area contributed by atoms with E-state index in [0.717, 1.165) is 12.8 Å². The zero-order valence-corrected chi connectivity index (χ0v) is 13.2. The number of para-hydroxylation sites is 1. The number of carboxylic acids is 2. The Kier molecular flexibility index (Phi) is 6.12. The smallest absolute Gasteiger partial charge is 0.314 e. The lowest BCUT2D eigenvalue weighted by atomic mass is 9.97. The van der Waals surface area contributed by atoms with E-state index in [2.05, 4.69) is 0 Å². The average Bonchev–Trinajstić information content (AvgIpc) is 2.53. The molecular weight excluding hydrogens is 312 g/mol. The quantitative estimate of drug-likeness (QED) is 0.682. The second-order valence-electron chi connectivity index (χ2n) is 5.75.